The number of nitrogens with one attached hydrogen (secondary N) is 2. The molecule has 10 heteroatoms. The zero-order valence-corrected chi connectivity index (χ0v) is 20.7. The number of benzene rings is 1. The SMILES string of the molecule is COc1cc(-c2nnc(C)n2C)ccc1Nc1ncc2cc(C)nc(NCC3(C)CCOC3)c2n1. The average molecular weight is 475 g/mol. The number of aryl methyl sites for hydroxylation is 2. The van der Waals surface area contributed by atoms with E-state index in [1.165, 1.54) is 0 Å². The Morgan fingerprint density at radius 1 is 1.17 bits per heavy atom. The fraction of sp³-hybridized carbons (Fsp3) is 0.400. The highest BCUT2D eigenvalue weighted by atomic mass is 16.5. The Kier molecular flexibility index (Phi) is 5.98. The molecule has 5 rings (SSSR count). The molecule has 1 aliphatic rings. The second kappa shape index (κ2) is 9.10. The first-order chi connectivity index (χ1) is 16.8. The van der Waals surface area contributed by atoms with E-state index in [4.69, 9.17) is 19.4 Å². The molecule has 0 spiro atoms. The van der Waals surface area contributed by atoms with Gasteiger partial charge in [0.2, 0.25) is 5.95 Å². The van der Waals surface area contributed by atoms with Gasteiger partial charge in [-0.25, -0.2) is 15.0 Å². The third-order valence-corrected chi connectivity index (χ3v) is 6.48. The number of fused-ring (bicyclic) bond motifs is 1. The summed E-state index contributed by atoms with van der Waals surface area (Å²) in [6, 6.07) is 7.81. The predicted molar refractivity (Wildman–Crippen MR) is 135 cm³/mol. The van der Waals surface area contributed by atoms with E-state index in [2.05, 4.69) is 32.7 Å². The summed E-state index contributed by atoms with van der Waals surface area (Å²) in [4.78, 5) is 14.0. The molecule has 0 aliphatic carbocycles. The fourth-order valence-electron chi connectivity index (χ4n) is 4.21. The Morgan fingerprint density at radius 3 is 2.74 bits per heavy atom. The second-order valence-corrected chi connectivity index (χ2v) is 9.38. The summed E-state index contributed by atoms with van der Waals surface area (Å²) in [5.41, 5.74) is 3.42. The number of hydrogen-bond acceptors (Lipinski definition) is 9. The summed E-state index contributed by atoms with van der Waals surface area (Å²) in [6.45, 7) is 8.43. The van der Waals surface area contributed by atoms with Gasteiger partial charge in [-0.05, 0) is 44.5 Å². The Balaban J connectivity index is 1.44. The largest absolute Gasteiger partial charge is 0.495 e. The van der Waals surface area contributed by atoms with Crippen LogP contribution in [-0.4, -0.2) is 56.6 Å². The third kappa shape index (κ3) is 4.61. The minimum atomic E-state index is 0.0856. The van der Waals surface area contributed by atoms with Crippen LogP contribution in [0.4, 0.5) is 17.5 Å². The van der Waals surface area contributed by atoms with Gasteiger partial charge in [0.05, 0.1) is 19.4 Å². The van der Waals surface area contributed by atoms with Crippen molar-refractivity contribution in [2.45, 2.75) is 27.2 Å². The van der Waals surface area contributed by atoms with Crippen molar-refractivity contribution in [2.24, 2.45) is 12.5 Å². The quantitative estimate of drug-likeness (QED) is 0.410. The first kappa shape index (κ1) is 23.0. The number of nitrogens with zero attached hydrogens (tertiary/aromatic N) is 6. The molecule has 35 heavy (non-hydrogen) atoms. The molecule has 0 bridgehead atoms. The van der Waals surface area contributed by atoms with Gasteiger partial charge in [0, 0.05) is 48.5 Å². The van der Waals surface area contributed by atoms with Gasteiger partial charge in [-0.2, -0.15) is 0 Å². The van der Waals surface area contributed by atoms with Crippen molar-refractivity contribution >= 4 is 28.4 Å². The fourth-order valence-corrected chi connectivity index (χ4v) is 4.21. The molecular formula is C25H30N8O2. The summed E-state index contributed by atoms with van der Waals surface area (Å²) in [6.07, 6.45) is 2.84. The van der Waals surface area contributed by atoms with E-state index in [9.17, 15) is 0 Å². The number of rotatable bonds is 7. The van der Waals surface area contributed by atoms with Crippen molar-refractivity contribution in [1.29, 1.82) is 0 Å². The number of aromatic nitrogens is 6. The van der Waals surface area contributed by atoms with Crippen LogP contribution in [0, 0.1) is 19.3 Å². The summed E-state index contributed by atoms with van der Waals surface area (Å²) >= 11 is 0. The molecule has 1 fully saturated rings. The molecule has 3 aromatic heterocycles. The molecule has 1 unspecified atom stereocenters. The van der Waals surface area contributed by atoms with Crippen LogP contribution in [0.5, 0.6) is 5.75 Å². The molecule has 1 atom stereocenters. The zero-order chi connectivity index (χ0) is 24.6. The van der Waals surface area contributed by atoms with E-state index < -0.39 is 0 Å². The van der Waals surface area contributed by atoms with E-state index in [0.717, 1.165) is 71.5 Å². The molecule has 0 saturated carbocycles. The summed E-state index contributed by atoms with van der Waals surface area (Å²) < 4.78 is 13.2. The van der Waals surface area contributed by atoms with Crippen molar-refractivity contribution in [2.75, 3.05) is 37.5 Å². The number of ether oxygens (including phenoxy) is 2. The van der Waals surface area contributed by atoms with Gasteiger partial charge in [0.25, 0.3) is 0 Å². The molecule has 10 nitrogen and oxygen atoms in total. The maximum atomic E-state index is 5.65. The van der Waals surface area contributed by atoms with Gasteiger partial charge in [-0.15, -0.1) is 10.2 Å². The molecule has 2 N–H and O–H groups in total. The molecule has 182 valence electrons. The number of methoxy groups -OCH3 is 1. The van der Waals surface area contributed by atoms with Crippen molar-refractivity contribution in [1.82, 2.24) is 29.7 Å². The Labute approximate surface area is 204 Å². The summed E-state index contributed by atoms with van der Waals surface area (Å²) in [5, 5.41) is 16.1. The second-order valence-electron chi connectivity index (χ2n) is 9.38. The Bertz CT molecular complexity index is 1380. The van der Waals surface area contributed by atoms with E-state index >= 15 is 0 Å². The van der Waals surface area contributed by atoms with E-state index in [1.54, 1.807) is 7.11 Å². The van der Waals surface area contributed by atoms with Crippen LogP contribution in [0.1, 0.15) is 24.9 Å². The normalized spacial score (nSPS) is 17.6. The lowest BCUT2D eigenvalue weighted by atomic mass is 9.90. The first-order valence-corrected chi connectivity index (χ1v) is 11.6. The van der Waals surface area contributed by atoms with Gasteiger partial charge in [0.1, 0.15) is 17.1 Å². The molecular weight excluding hydrogens is 444 g/mol. The number of hydrogen-bond donors (Lipinski definition) is 2. The monoisotopic (exact) mass is 474 g/mol. The van der Waals surface area contributed by atoms with Crippen LogP contribution in [-0.2, 0) is 11.8 Å². The van der Waals surface area contributed by atoms with Gasteiger partial charge in [-0.3, -0.25) is 0 Å². The van der Waals surface area contributed by atoms with Gasteiger partial charge in [-0.1, -0.05) is 6.92 Å². The van der Waals surface area contributed by atoms with E-state index in [1.807, 2.05) is 55.9 Å². The predicted octanol–water partition coefficient (Wildman–Crippen LogP) is 4.03. The van der Waals surface area contributed by atoms with Crippen molar-refractivity contribution < 1.29 is 9.47 Å². The maximum Gasteiger partial charge on any atom is 0.227 e. The van der Waals surface area contributed by atoms with Gasteiger partial charge in [0.15, 0.2) is 11.6 Å². The van der Waals surface area contributed by atoms with E-state index in [0.29, 0.717) is 11.7 Å². The van der Waals surface area contributed by atoms with Gasteiger partial charge < -0.3 is 24.7 Å². The average Bonchev–Trinajstić information content (AvgIpc) is 3.43. The molecule has 0 radical (unpaired) electrons. The lowest BCUT2D eigenvalue weighted by molar-refractivity contribution is 0.164. The molecule has 4 heterocycles. The maximum absolute atomic E-state index is 5.65. The lowest BCUT2D eigenvalue weighted by Crippen LogP contribution is -2.27. The lowest BCUT2D eigenvalue weighted by Gasteiger charge is -2.22. The number of pyridine rings is 1. The smallest absolute Gasteiger partial charge is 0.227 e. The molecule has 1 saturated heterocycles. The minimum absolute atomic E-state index is 0.0856. The van der Waals surface area contributed by atoms with Crippen LogP contribution >= 0.6 is 0 Å². The van der Waals surface area contributed by atoms with Crippen LogP contribution < -0.4 is 15.4 Å². The van der Waals surface area contributed by atoms with Crippen LogP contribution in [0.3, 0.4) is 0 Å². The number of anilines is 3. The highest BCUT2D eigenvalue weighted by molar-refractivity contribution is 5.89. The minimum Gasteiger partial charge on any atom is -0.495 e. The van der Waals surface area contributed by atoms with Crippen LogP contribution in [0.15, 0.2) is 30.5 Å². The summed E-state index contributed by atoms with van der Waals surface area (Å²) in [5.74, 6) is 3.48. The van der Waals surface area contributed by atoms with Crippen LogP contribution in [0.25, 0.3) is 22.3 Å². The molecule has 4 aromatic rings. The Hall–Kier alpha value is -3.79. The molecule has 0 amide bonds. The van der Waals surface area contributed by atoms with Crippen molar-refractivity contribution in [3.8, 4) is 17.1 Å². The zero-order valence-electron chi connectivity index (χ0n) is 20.7. The highest BCUT2D eigenvalue weighted by Crippen LogP contribution is 2.33. The first-order valence-electron chi connectivity index (χ1n) is 11.6. The molecule has 1 aliphatic heterocycles. The Morgan fingerprint density at radius 2 is 2.03 bits per heavy atom. The highest BCUT2D eigenvalue weighted by Gasteiger charge is 2.29. The van der Waals surface area contributed by atoms with Crippen molar-refractivity contribution in [3.05, 3.63) is 42.0 Å². The topological polar surface area (TPSA) is 112 Å². The third-order valence-electron chi connectivity index (χ3n) is 6.48. The van der Waals surface area contributed by atoms with Crippen molar-refractivity contribution in [3.63, 3.8) is 0 Å². The summed E-state index contributed by atoms with van der Waals surface area (Å²) in [7, 11) is 3.57. The van der Waals surface area contributed by atoms with E-state index in [-0.39, 0.29) is 5.41 Å². The molecule has 1 aromatic carbocycles. The van der Waals surface area contributed by atoms with Gasteiger partial charge >= 0.3 is 0 Å². The standard InChI is InChI=1S/C25H30N8O2/c1-15-10-18-12-26-24(30-21(18)22(28-15)27-13-25(3)8-9-35-14-25)29-19-7-6-17(11-20(19)34-5)23-32-31-16(2)33(23)4/h6-7,10-12H,8-9,13-14H2,1-5H3,(H,27,28)(H,26,29,30). The van der Waals surface area contributed by atoms with Crippen LogP contribution in [0.2, 0.25) is 0 Å².